The molecule has 0 saturated heterocycles. The molecule has 13 heavy (non-hydrogen) atoms. The van der Waals surface area contributed by atoms with Gasteiger partial charge < -0.3 is 20.5 Å². The van der Waals surface area contributed by atoms with Crippen LogP contribution in [0.5, 0.6) is 0 Å². The highest BCUT2D eigenvalue weighted by molar-refractivity contribution is 6.36. The van der Waals surface area contributed by atoms with E-state index in [4.69, 9.17) is 15.2 Å². The molecule has 0 heterocycles. The largest absolute Gasteiger partial charge is 0.360 e. The van der Waals surface area contributed by atoms with Crippen molar-refractivity contribution in [1.29, 1.82) is 0 Å². The fraction of sp³-hybridized carbons (Fsp3) is 1.00. The molecule has 0 aliphatic heterocycles. The van der Waals surface area contributed by atoms with Gasteiger partial charge in [-0.15, -0.1) is 0 Å². The first-order chi connectivity index (χ1) is 6.35. The third kappa shape index (κ3) is 8.39. The zero-order valence-electron chi connectivity index (χ0n) is 8.51. The predicted octanol–water partition coefficient (Wildman–Crippen LogP) is -0.376. The summed E-state index contributed by atoms with van der Waals surface area (Å²) in [6, 6.07) is 1.09. The van der Waals surface area contributed by atoms with Crippen LogP contribution in [0, 0.1) is 0 Å². The second-order valence-corrected chi connectivity index (χ2v) is 4.03. The van der Waals surface area contributed by atoms with Gasteiger partial charge in [-0.1, -0.05) is 0 Å². The summed E-state index contributed by atoms with van der Waals surface area (Å²) in [6.07, 6.45) is 1.04. The summed E-state index contributed by atoms with van der Waals surface area (Å²) in [4.78, 5) is 0. The van der Waals surface area contributed by atoms with Gasteiger partial charge in [0.25, 0.3) is 0 Å². The van der Waals surface area contributed by atoms with Crippen molar-refractivity contribution in [2.75, 3.05) is 33.9 Å². The Labute approximate surface area is 83.0 Å². The van der Waals surface area contributed by atoms with E-state index in [0.717, 1.165) is 32.1 Å². The maximum atomic E-state index is 5.36. The lowest BCUT2D eigenvalue weighted by Gasteiger charge is -2.11. The zero-order chi connectivity index (χ0) is 9.94. The summed E-state index contributed by atoms with van der Waals surface area (Å²) in [7, 11) is 4.04. The van der Waals surface area contributed by atoms with Gasteiger partial charge >= 0.3 is 0 Å². The standard InChI is InChI=1S/C8H20N2O2Si/c1-11-8(12-2)13-7-6-10-5-3-4-9/h8,10H,3-7,9H2,1-2H3. The van der Waals surface area contributed by atoms with E-state index in [1.807, 2.05) is 0 Å². The van der Waals surface area contributed by atoms with Crippen molar-refractivity contribution in [3.63, 3.8) is 0 Å². The lowest BCUT2D eigenvalue weighted by Crippen LogP contribution is -2.26. The van der Waals surface area contributed by atoms with E-state index >= 15 is 0 Å². The zero-order valence-corrected chi connectivity index (χ0v) is 9.51. The molecule has 0 aromatic heterocycles. The molecule has 0 aliphatic carbocycles. The van der Waals surface area contributed by atoms with Crippen LogP contribution < -0.4 is 11.1 Å². The Bertz CT molecular complexity index is 102. The number of ether oxygens (including phenoxy) is 2. The smallest absolute Gasteiger partial charge is 0.136 e. The van der Waals surface area contributed by atoms with Gasteiger partial charge in [-0.25, -0.2) is 0 Å². The minimum absolute atomic E-state index is 0.0312. The Kier molecular flexibility index (Phi) is 10.2. The van der Waals surface area contributed by atoms with Crippen molar-refractivity contribution >= 4 is 9.52 Å². The van der Waals surface area contributed by atoms with Gasteiger partial charge in [0.05, 0.1) is 0 Å². The topological polar surface area (TPSA) is 56.5 Å². The first-order valence-electron chi connectivity index (χ1n) is 4.55. The molecule has 0 bridgehead atoms. The van der Waals surface area contributed by atoms with Crippen LogP contribution in [0.25, 0.3) is 0 Å². The number of nitrogens with one attached hydrogen (secondary N) is 1. The molecular weight excluding hydrogens is 184 g/mol. The average molecular weight is 204 g/mol. The van der Waals surface area contributed by atoms with Crippen molar-refractivity contribution in [2.24, 2.45) is 5.73 Å². The molecule has 0 atom stereocenters. The predicted molar refractivity (Wildman–Crippen MR) is 54.9 cm³/mol. The Morgan fingerprint density at radius 3 is 2.54 bits per heavy atom. The fourth-order valence-electron chi connectivity index (χ4n) is 0.893. The molecule has 0 spiro atoms. The summed E-state index contributed by atoms with van der Waals surface area (Å²) in [5, 5.41) is 3.31. The maximum Gasteiger partial charge on any atom is 0.136 e. The van der Waals surface area contributed by atoms with E-state index in [0.29, 0.717) is 9.52 Å². The summed E-state index contributed by atoms with van der Waals surface area (Å²) < 4.78 is 10.1. The molecule has 0 aromatic carbocycles. The fourth-order valence-corrected chi connectivity index (χ4v) is 1.78. The maximum absolute atomic E-state index is 5.36. The van der Waals surface area contributed by atoms with Crippen LogP contribution >= 0.6 is 0 Å². The molecule has 78 valence electrons. The molecule has 4 nitrogen and oxygen atoms in total. The van der Waals surface area contributed by atoms with Gasteiger partial charge in [0.1, 0.15) is 15.4 Å². The van der Waals surface area contributed by atoms with Crippen LogP contribution in [0.2, 0.25) is 6.04 Å². The van der Waals surface area contributed by atoms with Gasteiger partial charge in [0, 0.05) is 14.2 Å². The van der Waals surface area contributed by atoms with Crippen molar-refractivity contribution in [3.05, 3.63) is 0 Å². The Morgan fingerprint density at radius 2 is 2.00 bits per heavy atom. The number of methoxy groups -OCH3 is 2. The Morgan fingerprint density at radius 1 is 1.31 bits per heavy atom. The number of rotatable bonds is 9. The third-order valence-corrected chi connectivity index (χ3v) is 2.94. The number of hydrogen-bond donors (Lipinski definition) is 2. The van der Waals surface area contributed by atoms with Crippen LogP contribution in [-0.2, 0) is 9.47 Å². The average Bonchev–Trinajstić information content (AvgIpc) is 2.17. The van der Waals surface area contributed by atoms with E-state index in [-0.39, 0.29) is 5.91 Å². The molecule has 5 heteroatoms. The minimum atomic E-state index is -0.0312. The van der Waals surface area contributed by atoms with Crippen LogP contribution in [-0.4, -0.2) is 49.3 Å². The summed E-state index contributed by atoms with van der Waals surface area (Å²) >= 11 is 0. The van der Waals surface area contributed by atoms with Crippen molar-refractivity contribution in [3.8, 4) is 0 Å². The van der Waals surface area contributed by atoms with Crippen LogP contribution in [0.15, 0.2) is 0 Å². The molecule has 0 fully saturated rings. The van der Waals surface area contributed by atoms with Gasteiger partial charge in [-0.2, -0.15) is 0 Å². The molecule has 2 radical (unpaired) electrons. The lowest BCUT2D eigenvalue weighted by atomic mass is 10.4. The molecule has 0 saturated carbocycles. The van der Waals surface area contributed by atoms with Gasteiger partial charge in [-0.3, -0.25) is 0 Å². The van der Waals surface area contributed by atoms with Crippen molar-refractivity contribution in [1.82, 2.24) is 5.32 Å². The molecular formula is C8H20N2O2Si. The van der Waals surface area contributed by atoms with E-state index in [2.05, 4.69) is 5.32 Å². The monoisotopic (exact) mass is 204 g/mol. The minimum Gasteiger partial charge on any atom is -0.360 e. The lowest BCUT2D eigenvalue weighted by molar-refractivity contribution is -0.0440. The number of nitrogens with two attached hydrogens (primary N) is 1. The quantitative estimate of drug-likeness (QED) is 0.305. The highest BCUT2D eigenvalue weighted by atomic mass is 28.2. The second kappa shape index (κ2) is 10.1. The molecule has 0 amide bonds. The Balaban J connectivity index is 3.05. The summed E-state index contributed by atoms with van der Waals surface area (Å²) in [5.74, 6) is -0.0312. The van der Waals surface area contributed by atoms with E-state index in [9.17, 15) is 0 Å². The van der Waals surface area contributed by atoms with E-state index in [1.165, 1.54) is 0 Å². The molecule has 0 aliphatic rings. The third-order valence-electron chi connectivity index (χ3n) is 1.60. The first kappa shape index (κ1) is 13.1. The van der Waals surface area contributed by atoms with Crippen molar-refractivity contribution in [2.45, 2.75) is 18.4 Å². The van der Waals surface area contributed by atoms with E-state index < -0.39 is 0 Å². The van der Waals surface area contributed by atoms with Crippen molar-refractivity contribution < 1.29 is 9.47 Å². The van der Waals surface area contributed by atoms with E-state index in [1.54, 1.807) is 14.2 Å². The highest BCUT2D eigenvalue weighted by Crippen LogP contribution is 1.90. The number of hydrogen-bond acceptors (Lipinski definition) is 4. The SMILES string of the molecule is COC(OC)[Si]CCNCCCN. The van der Waals surface area contributed by atoms with Crippen LogP contribution in [0.4, 0.5) is 0 Å². The Hall–Kier alpha value is 0.0569. The molecule has 0 aromatic rings. The summed E-state index contributed by atoms with van der Waals surface area (Å²) in [5.41, 5.74) is 5.36. The van der Waals surface area contributed by atoms with Crippen LogP contribution in [0.1, 0.15) is 6.42 Å². The second-order valence-electron chi connectivity index (χ2n) is 2.65. The molecule has 3 N–H and O–H groups in total. The summed E-state index contributed by atoms with van der Waals surface area (Å²) in [6.45, 7) is 2.78. The van der Waals surface area contributed by atoms with Gasteiger partial charge in [0.2, 0.25) is 0 Å². The molecule has 0 unspecified atom stereocenters. The highest BCUT2D eigenvalue weighted by Gasteiger charge is 2.04. The normalized spacial score (nSPS) is 11.1. The first-order valence-corrected chi connectivity index (χ1v) is 5.83. The van der Waals surface area contributed by atoms with Gasteiger partial charge in [0.15, 0.2) is 0 Å². The van der Waals surface area contributed by atoms with Crippen LogP contribution in [0.3, 0.4) is 0 Å². The van der Waals surface area contributed by atoms with Gasteiger partial charge in [-0.05, 0) is 32.1 Å². The molecule has 0 rings (SSSR count).